The Morgan fingerprint density at radius 2 is 1.76 bits per heavy atom. The summed E-state index contributed by atoms with van der Waals surface area (Å²) in [5, 5.41) is 3.00. The van der Waals surface area contributed by atoms with E-state index in [4.69, 9.17) is 15.7 Å². The molecule has 6 heteroatoms. The summed E-state index contributed by atoms with van der Waals surface area (Å²) in [5.41, 5.74) is 13.3. The van der Waals surface area contributed by atoms with E-state index in [0.717, 1.165) is 51.1 Å². The number of nitrogens with one attached hydrogen (secondary N) is 1. The van der Waals surface area contributed by atoms with Crippen molar-refractivity contribution < 1.29 is 4.79 Å². The maximum atomic E-state index is 12.9. The van der Waals surface area contributed by atoms with Crippen LogP contribution in [0.25, 0.3) is 23.4 Å². The number of aromatic nitrogens is 2. The van der Waals surface area contributed by atoms with Gasteiger partial charge in [0.2, 0.25) is 5.91 Å². The van der Waals surface area contributed by atoms with Crippen molar-refractivity contribution in [1.29, 1.82) is 0 Å². The number of hydrogen-bond acceptors (Lipinski definition) is 4. The number of carbonyl (C=O) groups is 1. The van der Waals surface area contributed by atoms with Gasteiger partial charge in [0.1, 0.15) is 5.69 Å². The minimum atomic E-state index is -0.130. The van der Waals surface area contributed by atoms with E-state index in [9.17, 15) is 4.79 Å². The summed E-state index contributed by atoms with van der Waals surface area (Å²) in [6.45, 7) is 0. The van der Waals surface area contributed by atoms with Gasteiger partial charge in [-0.05, 0) is 59.9 Å². The van der Waals surface area contributed by atoms with Crippen molar-refractivity contribution in [3.63, 3.8) is 0 Å². The highest BCUT2D eigenvalue weighted by molar-refractivity contribution is 9.10. The molecule has 0 saturated heterocycles. The lowest BCUT2D eigenvalue weighted by atomic mass is 9.91. The van der Waals surface area contributed by atoms with Gasteiger partial charge >= 0.3 is 0 Å². The fourth-order valence-electron chi connectivity index (χ4n) is 4.09. The van der Waals surface area contributed by atoms with Gasteiger partial charge in [0, 0.05) is 15.7 Å². The van der Waals surface area contributed by atoms with Crippen molar-refractivity contribution in [3.8, 4) is 11.3 Å². The molecule has 1 heterocycles. The van der Waals surface area contributed by atoms with Crippen LogP contribution in [-0.4, -0.2) is 15.9 Å². The third kappa shape index (κ3) is 4.92. The van der Waals surface area contributed by atoms with Gasteiger partial charge in [0.25, 0.3) is 0 Å². The molecule has 0 unspecified atom stereocenters. The standard InChI is InChI=1S/C28H23BrN4O/c29-21-10-6-19(7-11-21)16-26(34)33-28-25(14-8-18-4-2-1-3-5-18)31-27-23-13-12-22(30)17-20(23)9-15-24(27)32-28/h1-8,10-14,17H,9,15-16,30H2,(H,32,33,34). The molecule has 3 N–H and O–H groups in total. The van der Waals surface area contributed by atoms with E-state index in [1.807, 2.05) is 84.9 Å². The minimum absolute atomic E-state index is 0.130. The second kappa shape index (κ2) is 9.61. The van der Waals surface area contributed by atoms with Gasteiger partial charge in [-0.1, -0.05) is 70.5 Å². The number of aryl methyl sites for hydroxylation is 2. The van der Waals surface area contributed by atoms with Crippen molar-refractivity contribution in [2.45, 2.75) is 19.3 Å². The summed E-state index contributed by atoms with van der Waals surface area (Å²) in [6.07, 6.45) is 5.73. The van der Waals surface area contributed by atoms with Crippen molar-refractivity contribution in [2.24, 2.45) is 0 Å². The van der Waals surface area contributed by atoms with Crippen molar-refractivity contribution >= 4 is 45.5 Å². The van der Waals surface area contributed by atoms with E-state index in [0.29, 0.717) is 11.5 Å². The first-order valence-corrected chi connectivity index (χ1v) is 11.9. The molecule has 5 nitrogen and oxygen atoms in total. The van der Waals surface area contributed by atoms with Crippen LogP contribution in [0.4, 0.5) is 11.5 Å². The van der Waals surface area contributed by atoms with Gasteiger partial charge < -0.3 is 11.1 Å². The molecule has 0 radical (unpaired) electrons. The zero-order valence-corrected chi connectivity index (χ0v) is 20.0. The van der Waals surface area contributed by atoms with Crippen LogP contribution >= 0.6 is 15.9 Å². The van der Waals surface area contributed by atoms with Crippen LogP contribution in [0.1, 0.15) is 28.1 Å². The summed E-state index contributed by atoms with van der Waals surface area (Å²) in [6, 6.07) is 23.6. The predicted molar refractivity (Wildman–Crippen MR) is 141 cm³/mol. The van der Waals surface area contributed by atoms with E-state index in [2.05, 4.69) is 21.2 Å². The van der Waals surface area contributed by atoms with Crippen LogP contribution in [0.15, 0.2) is 77.3 Å². The first-order valence-electron chi connectivity index (χ1n) is 11.1. The number of carbonyl (C=O) groups excluding carboxylic acids is 1. The van der Waals surface area contributed by atoms with Gasteiger partial charge in [0.05, 0.1) is 17.8 Å². The van der Waals surface area contributed by atoms with Crippen LogP contribution in [0, 0.1) is 0 Å². The van der Waals surface area contributed by atoms with E-state index >= 15 is 0 Å². The van der Waals surface area contributed by atoms with Crippen LogP contribution in [0.2, 0.25) is 0 Å². The number of halogens is 1. The molecule has 34 heavy (non-hydrogen) atoms. The third-order valence-corrected chi connectivity index (χ3v) is 6.31. The number of nitrogen functional groups attached to an aromatic ring is 1. The summed E-state index contributed by atoms with van der Waals surface area (Å²) in [5.74, 6) is 0.349. The second-order valence-electron chi connectivity index (χ2n) is 8.26. The Morgan fingerprint density at radius 3 is 2.56 bits per heavy atom. The Morgan fingerprint density at radius 1 is 0.971 bits per heavy atom. The predicted octanol–water partition coefficient (Wildman–Crippen LogP) is 5.94. The van der Waals surface area contributed by atoms with E-state index in [1.165, 1.54) is 5.56 Å². The lowest BCUT2D eigenvalue weighted by molar-refractivity contribution is -0.115. The molecule has 0 atom stereocenters. The van der Waals surface area contributed by atoms with Crippen LogP contribution in [-0.2, 0) is 24.1 Å². The minimum Gasteiger partial charge on any atom is -0.399 e. The third-order valence-electron chi connectivity index (χ3n) is 5.78. The second-order valence-corrected chi connectivity index (χ2v) is 9.18. The molecular formula is C28H23BrN4O. The highest BCUT2D eigenvalue weighted by atomic mass is 79.9. The van der Waals surface area contributed by atoms with E-state index in [-0.39, 0.29) is 12.3 Å². The van der Waals surface area contributed by atoms with Gasteiger partial charge in [0.15, 0.2) is 5.82 Å². The molecule has 0 aliphatic heterocycles. The normalized spacial score (nSPS) is 12.3. The number of amides is 1. The monoisotopic (exact) mass is 510 g/mol. The maximum absolute atomic E-state index is 12.9. The highest BCUT2D eigenvalue weighted by Gasteiger charge is 2.22. The molecule has 1 aliphatic rings. The first kappa shape index (κ1) is 22.0. The summed E-state index contributed by atoms with van der Waals surface area (Å²) in [4.78, 5) is 22.7. The SMILES string of the molecule is Nc1ccc2c(c1)CCc1nc(NC(=O)Cc3ccc(Br)cc3)c(C=Cc3ccccc3)nc1-2. The number of hydrogen-bond donors (Lipinski definition) is 2. The van der Waals surface area contributed by atoms with Gasteiger partial charge in [-0.15, -0.1) is 0 Å². The molecule has 0 bridgehead atoms. The zero-order valence-electron chi connectivity index (χ0n) is 18.5. The largest absolute Gasteiger partial charge is 0.399 e. The Labute approximate surface area is 206 Å². The Bertz CT molecular complexity index is 1380. The molecule has 4 aromatic rings. The number of benzene rings is 3. The van der Waals surface area contributed by atoms with Crippen LogP contribution < -0.4 is 11.1 Å². The Balaban J connectivity index is 1.50. The highest BCUT2D eigenvalue weighted by Crippen LogP contribution is 2.34. The van der Waals surface area contributed by atoms with Gasteiger partial charge in [-0.3, -0.25) is 4.79 Å². The smallest absolute Gasteiger partial charge is 0.230 e. The summed E-state index contributed by atoms with van der Waals surface area (Å²) in [7, 11) is 0. The van der Waals surface area contributed by atoms with E-state index < -0.39 is 0 Å². The topological polar surface area (TPSA) is 80.9 Å². The zero-order chi connectivity index (χ0) is 23.5. The van der Waals surface area contributed by atoms with E-state index in [1.54, 1.807) is 0 Å². The summed E-state index contributed by atoms with van der Waals surface area (Å²) >= 11 is 3.43. The molecule has 3 aromatic carbocycles. The number of fused-ring (bicyclic) bond motifs is 3. The molecule has 1 amide bonds. The molecule has 0 fully saturated rings. The molecule has 168 valence electrons. The lowest BCUT2D eigenvalue weighted by Gasteiger charge is -2.20. The lowest BCUT2D eigenvalue weighted by Crippen LogP contribution is -2.19. The maximum Gasteiger partial charge on any atom is 0.230 e. The Kier molecular flexibility index (Phi) is 6.23. The fraction of sp³-hybridized carbons (Fsp3) is 0.107. The molecule has 0 spiro atoms. The molecular weight excluding hydrogens is 488 g/mol. The van der Waals surface area contributed by atoms with Crippen LogP contribution in [0.3, 0.4) is 0 Å². The number of anilines is 2. The summed E-state index contributed by atoms with van der Waals surface area (Å²) < 4.78 is 0.979. The molecule has 1 aromatic heterocycles. The molecule has 0 saturated carbocycles. The number of nitrogens with zero attached hydrogens (tertiary/aromatic N) is 2. The fourth-order valence-corrected chi connectivity index (χ4v) is 4.35. The van der Waals surface area contributed by atoms with Crippen LogP contribution in [0.5, 0.6) is 0 Å². The molecule has 1 aliphatic carbocycles. The van der Waals surface area contributed by atoms with Gasteiger partial charge in [-0.25, -0.2) is 9.97 Å². The Hall–Kier alpha value is -3.77. The number of nitrogens with two attached hydrogens (primary N) is 1. The van der Waals surface area contributed by atoms with Gasteiger partial charge in [-0.2, -0.15) is 0 Å². The van der Waals surface area contributed by atoms with Crippen molar-refractivity contribution in [1.82, 2.24) is 9.97 Å². The van der Waals surface area contributed by atoms with Crippen molar-refractivity contribution in [3.05, 3.63) is 105 Å². The van der Waals surface area contributed by atoms with Crippen molar-refractivity contribution in [2.75, 3.05) is 11.1 Å². The average molecular weight is 511 g/mol. The first-order chi connectivity index (χ1) is 16.5. The quantitative estimate of drug-likeness (QED) is 0.325. The molecule has 5 rings (SSSR count). The number of rotatable bonds is 5. The average Bonchev–Trinajstić information content (AvgIpc) is 2.84.